The smallest absolute Gasteiger partial charge is 0.0441 e. The zero-order valence-electron chi connectivity index (χ0n) is 9.18. The Labute approximate surface area is 106 Å². The van der Waals surface area contributed by atoms with Gasteiger partial charge in [0.05, 0.1) is 0 Å². The van der Waals surface area contributed by atoms with Gasteiger partial charge in [-0.2, -0.15) is 0 Å². The van der Waals surface area contributed by atoms with Crippen molar-refractivity contribution in [2.45, 2.75) is 26.3 Å². The molecule has 1 unspecified atom stereocenters. The van der Waals surface area contributed by atoms with Crippen LogP contribution in [0.25, 0.3) is 0 Å². The van der Waals surface area contributed by atoms with Crippen LogP contribution in [0.15, 0.2) is 18.2 Å². The molecule has 0 radical (unpaired) electrons. The van der Waals surface area contributed by atoms with E-state index in [1.54, 1.807) is 0 Å². The standard InChI is InChI=1S/C13H16IN/c1-4-7-12(15-5-2)11-9-6-8-10(3)13(11)14/h1,6,8-9,12,15H,5,7H2,2-3H3. The molecule has 1 rings (SSSR count). The third-order valence-corrected chi connectivity index (χ3v) is 3.84. The molecule has 0 fully saturated rings. The van der Waals surface area contributed by atoms with Gasteiger partial charge in [-0.3, -0.25) is 0 Å². The second-order valence-electron chi connectivity index (χ2n) is 3.50. The van der Waals surface area contributed by atoms with E-state index in [0.29, 0.717) is 0 Å². The number of hydrogen-bond acceptors (Lipinski definition) is 1. The monoisotopic (exact) mass is 313 g/mol. The van der Waals surface area contributed by atoms with Gasteiger partial charge in [-0.1, -0.05) is 25.1 Å². The van der Waals surface area contributed by atoms with E-state index in [2.05, 4.69) is 65.9 Å². The van der Waals surface area contributed by atoms with Crippen LogP contribution in [-0.2, 0) is 0 Å². The van der Waals surface area contributed by atoms with Crippen LogP contribution in [0.5, 0.6) is 0 Å². The maximum Gasteiger partial charge on any atom is 0.0441 e. The molecule has 0 aliphatic heterocycles. The number of benzene rings is 1. The summed E-state index contributed by atoms with van der Waals surface area (Å²) in [6, 6.07) is 6.66. The molecule has 15 heavy (non-hydrogen) atoms. The van der Waals surface area contributed by atoms with E-state index in [9.17, 15) is 0 Å². The minimum Gasteiger partial charge on any atom is -0.309 e. The number of aryl methyl sites for hydroxylation is 1. The molecule has 0 aromatic heterocycles. The first-order valence-corrected chi connectivity index (χ1v) is 6.20. The average molecular weight is 313 g/mol. The predicted molar refractivity (Wildman–Crippen MR) is 73.8 cm³/mol. The van der Waals surface area contributed by atoms with Crippen molar-refractivity contribution < 1.29 is 0 Å². The Bertz CT molecular complexity index is 365. The molecule has 1 atom stereocenters. The Morgan fingerprint density at radius 1 is 1.53 bits per heavy atom. The van der Waals surface area contributed by atoms with E-state index in [4.69, 9.17) is 6.42 Å². The van der Waals surface area contributed by atoms with Gasteiger partial charge >= 0.3 is 0 Å². The maximum atomic E-state index is 5.39. The van der Waals surface area contributed by atoms with E-state index in [1.165, 1.54) is 14.7 Å². The first-order valence-electron chi connectivity index (χ1n) is 5.12. The number of hydrogen-bond donors (Lipinski definition) is 1. The first kappa shape index (κ1) is 12.5. The van der Waals surface area contributed by atoms with E-state index in [-0.39, 0.29) is 6.04 Å². The fourth-order valence-corrected chi connectivity index (χ4v) is 2.33. The van der Waals surface area contributed by atoms with Crippen molar-refractivity contribution in [1.82, 2.24) is 5.32 Å². The summed E-state index contributed by atoms with van der Waals surface area (Å²) in [5, 5.41) is 3.42. The van der Waals surface area contributed by atoms with Gasteiger partial charge in [-0.25, -0.2) is 0 Å². The van der Waals surface area contributed by atoms with Crippen LogP contribution in [0.3, 0.4) is 0 Å². The highest BCUT2D eigenvalue weighted by molar-refractivity contribution is 14.1. The van der Waals surface area contributed by atoms with Crippen molar-refractivity contribution in [2.75, 3.05) is 6.54 Å². The summed E-state index contributed by atoms with van der Waals surface area (Å²) in [6.45, 7) is 5.17. The van der Waals surface area contributed by atoms with E-state index < -0.39 is 0 Å². The van der Waals surface area contributed by atoms with Gasteiger partial charge in [0, 0.05) is 16.0 Å². The van der Waals surface area contributed by atoms with Gasteiger partial charge in [0.2, 0.25) is 0 Å². The zero-order valence-corrected chi connectivity index (χ0v) is 11.3. The van der Waals surface area contributed by atoms with Gasteiger partial charge in [0.15, 0.2) is 0 Å². The van der Waals surface area contributed by atoms with Crippen LogP contribution >= 0.6 is 22.6 Å². The minimum absolute atomic E-state index is 0.284. The summed E-state index contributed by atoms with van der Waals surface area (Å²) in [5.74, 6) is 2.73. The number of halogens is 1. The fraction of sp³-hybridized carbons (Fsp3) is 0.385. The van der Waals surface area contributed by atoms with Crippen molar-refractivity contribution >= 4 is 22.6 Å². The molecule has 0 aliphatic rings. The van der Waals surface area contributed by atoms with Crippen LogP contribution in [0, 0.1) is 22.8 Å². The molecule has 1 N–H and O–H groups in total. The van der Waals surface area contributed by atoms with Crippen LogP contribution in [0.1, 0.15) is 30.5 Å². The van der Waals surface area contributed by atoms with Crippen LogP contribution < -0.4 is 5.32 Å². The lowest BCUT2D eigenvalue weighted by molar-refractivity contribution is 0.563. The molecule has 0 aliphatic carbocycles. The SMILES string of the molecule is C#CCC(NCC)c1cccc(C)c1I. The molecule has 80 valence electrons. The summed E-state index contributed by atoms with van der Waals surface area (Å²) in [5.41, 5.74) is 2.63. The Morgan fingerprint density at radius 3 is 2.87 bits per heavy atom. The number of rotatable bonds is 4. The Morgan fingerprint density at radius 2 is 2.27 bits per heavy atom. The lowest BCUT2D eigenvalue weighted by Crippen LogP contribution is -2.21. The molecule has 0 spiro atoms. The summed E-state index contributed by atoms with van der Waals surface area (Å²) in [6.07, 6.45) is 6.14. The third kappa shape index (κ3) is 3.22. The molecule has 0 amide bonds. The molecular formula is C13H16IN. The molecular weight excluding hydrogens is 297 g/mol. The molecule has 0 saturated carbocycles. The van der Waals surface area contributed by atoms with Gasteiger partial charge in [0.1, 0.15) is 0 Å². The lowest BCUT2D eigenvalue weighted by Gasteiger charge is -2.18. The highest BCUT2D eigenvalue weighted by Crippen LogP contribution is 2.24. The first-order chi connectivity index (χ1) is 7.20. The topological polar surface area (TPSA) is 12.0 Å². The van der Waals surface area contributed by atoms with Gasteiger partial charge in [-0.15, -0.1) is 12.3 Å². The van der Waals surface area contributed by atoms with E-state index in [0.717, 1.165) is 13.0 Å². The van der Waals surface area contributed by atoms with Crippen molar-refractivity contribution in [3.05, 3.63) is 32.9 Å². The summed E-state index contributed by atoms with van der Waals surface area (Å²) >= 11 is 2.39. The predicted octanol–water partition coefficient (Wildman–Crippen LogP) is 3.27. The second kappa shape index (κ2) is 6.14. The van der Waals surface area contributed by atoms with Crippen LogP contribution in [-0.4, -0.2) is 6.54 Å². The Kier molecular flexibility index (Phi) is 5.13. The van der Waals surface area contributed by atoms with Gasteiger partial charge < -0.3 is 5.32 Å². The van der Waals surface area contributed by atoms with E-state index >= 15 is 0 Å². The zero-order chi connectivity index (χ0) is 11.3. The Hall–Kier alpha value is -0.530. The molecule has 0 bridgehead atoms. The summed E-state index contributed by atoms with van der Waals surface area (Å²) in [7, 11) is 0. The highest BCUT2D eigenvalue weighted by Gasteiger charge is 2.12. The largest absolute Gasteiger partial charge is 0.309 e. The van der Waals surface area contributed by atoms with Crippen LogP contribution in [0.4, 0.5) is 0 Å². The normalized spacial score (nSPS) is 12.1. The third-order valence-electron chi connectivity index (χ3n) is 2.37. The van der Waals surface area contributed by atoms with Crippen molar-refractivity contribution in [3.63, 3.8) is 0 Å². The van der Waals surface area contributed by atoms with Gasteiger partial charge in [-0.05, 0) is 47.2 Å². The molecule has 0 saturated heterocycles. The lowest BCUT2D eigenvalue weighted by atomic mass is 10.0. The van der Waals surface area contributed by atoms with Crippen LogP contribution in [0.2, 0.25) is 0 Å². The average Bonchev–Trinajstić information content (AvgIpc) is 2.22. The quantitative estimate of drug-likeness (QED) is 0.664. The van der Waals surface area contributed by atoms with Crippen molar-refractivity contribution in [3.8, 4) is 12.3 Å². The van der Waals surface area contributed by atoms with E-state index in [1.807, 2.05) is 0 Å². The number of terminal acetylenes is 1. The highest BCUT2D eigenvalue weighted by atomic mass is 127. The maximum absolute atomic E-state index is 5.39. The molecule has 0 heterocycles. The number of nitrogens with one attached hydrogen (secondary N) is 1. The fourth-order valence-electron chi connectivity index (χ4n) is 1.60. The second-order valence-corrected chi connectivity index (χ2v) is 4.58. The molecule has 1 aromatic carbocycles. The summed E-state index contributed by atoms with van der Waals surface area (Å²) in [4.78, 5) is 0. The Balaban J connectivity index is 3.00. The van der Waals surface area contributed by atoms with Crippen molar-refractivity contribution in [1.29, 1.82) is 0 Å². The summed E-state index contributed by atoms with van der Waals surface area (Å²) < 4.78 is 1.32. The molecule has 2 heteroatoms. The van der Waals surface area contributed by atoms with Crippen molar-refractivity contribution in [2.24, 2.45) is 0 Å². The van der Waals surface area contributed by atoms with Gasteiger partial charge in [0.25, 0.3) is 0 Å². The molecule has 1 nitrogen and oxygen atoms in total. The molecule has 1 aromatic rings. The minimum atomic E-state index is 0.284.